The lowest BCUT2D eigenvalue weighted by Gasteiger charge is -2.23. The van der Waals surface area contributed by atoms with Gasteiger partial charge in [0.15, 0.2) is 0 Å². The summed E-state index contributed by atoms with van der Waals surface area (Å²) in [5.74, 6) is 0. The van der Waals surface area contributed by atoms with Gasteiger partial charge in [-0.1, -0.05) is 60.1 Å². The molecule has 0 amide bonds. The molecule has 4 rings (SSSR count). The highest BCUT2D eigenvalue weighted by molar-refractivity contribution is 7.86. The molecule has 3 aromatic rings. The molecule has 0 spiro atoms. The molecule has 1 saturated heterocycles. The van der Waals surface area contributed by atoms with E-state index in [1.54, 1.807) is 11.4 Å². The summed E-state index contributed by atoms with van der Waals surface area (Å²) >= 11 is 6.32. The first kappa shape index (κ1) is 21.1. The quantitative estimate of drug-likeness (QED) is 0.553. The van der Waals surface area contributed by atoms with Gasteiger partial charge in [0, 0.05) is 49.0 Å². The van der Waals surface area contributed by atoms with Crippen LogP contribution in [0.15, 0.2) is 60.8 Å². The van der Waals surface area contributed by atoms with Crippen molar-refractivity contribution in [3.8, 4) is 11.3 Å². The van der Waals surface area contributed by atoms with E-state index in [1.807, 2.05) is 65.5 Å². The van der Waals surface area contributed by atoms with Gasteiger partial charge in [0.25, 0.3) is 10.2 Å². The molecule has 0 bridgehead atoms. The molecule has 2 heterocycles. The molecule has 0 saturated carbocycles. The number of nitrogens with zero attached hydrogens (tertiary/aromatic N) is 4. The van der Waals surface area contributed by atoms with Gasteiger partial charge in [-0.3, -0.25) is 4.68 Å². The van der Waals surface area contributed by atoms with Gasteiger partial charge in [-0.05, 0) is 24.5 Å². The highest BCUT2D eigenvalue weighted by atomic mass is 35.5. The topological polar surface area (TPSA) is 58.4 Å². The smallest absolute Gasteiger partial charge is 0.267 e. The minimum absolute atomic E-state index is 0.256. The molecule has 1 aromatic heterocycles. The predicted molar refractivity (Wildman–Crippen MR) is 119 cm³/mol. The number of aromatic nitrogens is 2. The van der Waals surface area contributed by atoms with Crippen molar-refractivity contribution in [1.29, 1.82) is 0 Å². The van der Waals surface area contributed by atoms with Crippen LogP contribution in [0.4, 0.5) is 0 Å². The summed E-state index contributed by atoms with van der Waals surface area (Å²) in [7, 11) is -1.85. The Morgan fingerprint density at radius 2 is 1.67 bits per heavy atom. The van der Waals surface area contributed by atoms with Gasteiger partial charge in [0.05, 0.1) is 12.2 Å². The Hall–Kier alpha value is -2.19. The molecule has 0 N–H and O–H groups in total. The van der Waals surface area contributed by atoms with Gasteiger partial charge in [-0.2, -0.15) is 22.1 Å². The maximum Gasteiger partial charge on any atom is 0.282 e. The molecule has 1 aliphatic rings. The molecular weight excluding hydrogens is 420 g/mol. The zero-order valence-corrected chi connectivity index (χ0v) is 18.5. The Morgan fingerprint density at radius 1 is 1.00 bits per heavy atom. The van der Waals surface area contributed by atoms with Crippen molar-refractivity contribution in [1.82, 2.24) is 18.4 Å². The molecule has 30 heavy (non-hydrogen) atoms. The van der Waals surface area contributed by atoms with Gasteiger partial charge in [-0.15, -0.1) is 0 Å². The summed E-state index contributed by atoms with van der Waals surface area (Å²) in [4.78, 5) is 0. The van der Waals surface area contributed by atoms with Crippen LogP contribution in [0.3, 0.4) is 0 Å². The second-order valence-corrected chi connectivity index (χ2v) is 9.97. The van der Waals surface area contributed by atoms with Crippen LogP contribution in [0, 0.1) is 0 Å². The average Bonchev–Trinajstić information content (AvgIpc) is 3.41. The van der Waals surface area contributed by atoms with Gasteiger partial charge in [0.1, 0.15) is 0 Å². The Balaban J connectivity index is 1.65. The van der Waals surface area contributed by atoms with E-state index >= 15 is 0 Å². The molecule has 0 atom stereocenters. The molecule has 0 unspecified atom stereocenters. The molecule has 0 aliphatic carbocycles. The fraction of sp³-hybridized carbons (Fsp3) is 0.318. The molecule has 158 valence electrons. The van der Waals surface area contributed by atoms with E-state index in [4.69, 9.17) is 16.7 Å². The first-order chi connectivity index (χ1) is 14.4. The van der Waals surface area contributed by atoms with Crippen molar-refractivity contribution < 1.29 is 8.42 Å². The average molecular weight is 445 g/mol. The summed E-state index contributed by atoms with van der Waals surface area (Å²) in [6.45, 7) is 1.95. The predicted octanol–water partition coefficient (Wildman–Crippen LogP) is 4.02. The van der Waals surface area contributed by atoms with Gasteiger partial charge < -0.3 is 0 Å². The normalized spacial score (nSPS) is 15.2. The van der Waals surface area contributed by atoms with Gasteiger partial charge >= 0.3 is 0 Å². The van der Waals surface area contributed by atoms with Crippen molar-refractivity contribution in [2.75, 3.05) is 20.1 Å². The van der Waals surface area contributed by atoms with Crippen LogP contribution < -0.4 is 0 Å². The van der Waals surface area contributed by atoms with Crippen molar-refractivity contribution >= 4 is 21.8 Å². The van der Waals surface area contributed by atoms with Crippen molar-refractivity contribution in [2.24, 2.45) is 0 Å². The van der Waals surface area contributed by atoms with Crippen LogP contribution in [-0.2, 0) is 23.3 Å². The van der Waals surface area contributed by atoms with Crippen molar-refractivity contribution in [3.63, 3.8) is 0 Å². The summed E-state index contributed by atoms with van der Waals surface area (Å²) < 4.78 is 30.7. The molecule has 2 aromatic carbocycles. The molecule has 0 radical (unpaired) electrons. The first-order valence-electron chi connectivity index (χ1n) is 10.0. The van der Waals surface area contributed by atoms with Crippen LogP contribution in [-0.4, -0.2) is 46.9 Å². The van der Waals surface area contributed by atoms with Gasteiger partial charge in [0.2, 0.25) is 0 Å². The maximum absolute atomic E-state index is 12.9. The SMILES string of the molecule is CN(Cc1cn(Cc2ccccc2Cl)nc1-c1ccccc1)S(=O)(=O)N1CCCC1. The lowest BCUT2D eigenvalue weighted by atomic mass is 10.1. The number of rotatable bonds is 7. The third-order valence-electron chi connectivity index (χ3n) is 5.35. The standard InChI is InChI=1S/C22H25ClN4O2S/c1-25(30(28,29)27-13-7-8-14-27)15-20-17-26(16-19-11-5-6-12-21(19)23)24-22(20)18-9-3-2-4-10-18/h2-6,9-12,17H,7-8,13-16H2,1H3. The minimum atomic E-state index is -3.48. The number of hydrogen-bond donors (Lipinski definition) is 0. The first-order valence-corrected chi connectivity index (χ1v) is 11.8. The van der Waals surface area contributed by atoms with Crippen molar-refractivity contribution in [3.05, 3.63) is 76.9 Å². The lowest BCUT2D eigenvalue weighted by molar-refractivity contribution is 0.392. The lowest BCUT2D eigenvalue weighted by Crippen LogP contribution is -2.39. The fourth-order valence-corrected chi connectivity index (χ4v) is 5.35. The van der Waals surface area contributed by atoms with E-state index in [2.05, 4.69) is 0 Å². The van der Waals surface area contributed by atoms with Crippen LogP contribution in [0.2, 0.25) is 5.02 Å². The third kappa shape index (κ3) is 4.44. The van der Waals surface area contributed by atoms with E-state index in [1.165, 1.54) is 4.31 Å². The monoisotopic (exact) mass is 444 g/mol. The van der Waals surface area contributed by atoms with Crippen LogP contribution in [0.1, 0.15) is 24.0 Å². The van der Waals surface area contributed by atoms with E-state index in [-0.39, 0.29) is 6.54 Å². The van der Waals surface area contributed by atoms with Gasteiger partial charge in [-0.25, -0.2) is 0 Å². The number of hydrogen-bond acceptors (Lipinski definition) is 3. The van der Waals surface area contributed by atoms with Crippen LogP contribution in [0.25, 0.3) is 11.3 Å². The Labute approximate surface area is 182 Å². The largest absolute Gasteiger partial charge is 0.282 e. The van der Waals surface area contributed by atoms with E-state index in [9.17, 15) is 8.42 Å². The summed E-state index contributed by atoms with van der Waals surface area (Å²) in [5, 5.41) is 5.46. The fourth-order valence-electron chi connectivity index (χ4n) is 3.74. The minimum Gasteiger partial charge on any atom is -0.267 e. The van der Waals surface area contributed by atoms with E-state index in [0.717, 1.165) is 35.2 Å². The Bertz CT molecular complexity index is 1110. The van der Waals surface area contributed by atoms with E-state index in [0.29, 0.717) is 24.7 Å². The molecule has 1 fully saturated rings. The second-order valence-electron chi connectivity index (χ2n) is 7.53. The third-order valence-corrected chi connectivity index (χ3v) is 7.66. The molecule has 1 aliphatic heterocycles. The highest BCUT2D eigenvalue weighted by Gasteiger charge is 2.30. The summed E-state index contributed by atoms with van der Waals surface area (Å²) in [6, 6.07) is 17.5. The molecule has 8 heteroatoms. The molecular formula is C22H25ClN4O2S. The maximum atomic E-state index is 12.9. The Kier molecular flexibility index (Phi) is 6.24. The zero-order chi connectivity index (χ0) is 21.1. The van der Waals surface area contributed by atoms with Crippen LogP contribution >= 0.6 is 11.6 Å². The molecule has 6 nitrogen and oxygen atoms in total. The van der Waals surface area contributed by atoms with Crippen LogP contribution in [0.5, 0.6) is 0 Å². The second kappa shape index (κ2) is 8.89. The highest BCUT2D eigenvalue weighted by Crippen LogP contribution is 2.26. The van der Waals surface area contributed by atoms with Crippen molar-refractivity contribution in [2.45, 2.75) is 25.9 Å². The Morgan fingerprint density at radius 3 is 2.37 bits per heavy atom. The summed E-state index contributed by atoms with van der Waals surface area (Å²) in [5.41, 5.74) is 3.56. The summed E-state index contributed by atoms with van der Waals surface area (Å²) in [6.07, 6.45) is 3.75. The number of halogens is 1. The zero-order valence-electron chi connectivity index (χ0n) is 16.9. The number of benzene rings is 2. The van der Waals surface area contributed by atoms with E-state index < -0.39 is 10.2 Å².